The lowest BCUT2D eigenvalue weighted by atomic mass is 9.88. The molecular formula is C17H21NO3. The molecule has 1 aromatic carbocycles. The zero-order valence-corrected chi connectivity index (χ0v) is 12.8. The van der Waals surface area contributed by atoms with Crippen molar-refractivity contribution in [2.24, 2.45) is 4.99 Å². The molecule has 1 heterocycles. The number of carbonyl (C=O) groups is 1. The number of hydrogen-bond acceptors (Lipinski definition) is 4. The Morgan fingerprint density at radius 3 is 2.57 bits per heavy atom. The summed E-state index contributed by atoms with van der Waals surface area (Å²) in [5.41, 5.74) is -0.151. The van der Waals surface area contributed by atoms with Gasteiger partial charge in [0, 0.05) is 13.5 Å². The number of ether oxygens (including phenoxy) is 2. The van der Waals surface area contributed by atoms with Crippen molar-refractivity contribution < 1.29 is 14.3 Å². The summed E-state index contributed by atoms with van der Waals surface area (Å²) in [6.45, 7) is 7.56. The number of carbonyl (C=O) groups excluding carboxylic acids is 1. The Hall–Kier alpha value is -1.94. The molecule has 21 heavy (non-hydrogen) atoms. The average molecular weight is 287 g/mol. The van der Waals surface area contributed by atoms with Crippen LogP contribution in [0.4, 0.5) is 0 Å². The van der Waals surface area contributed by atoms with Crippen LogP contribution >= 0.6 is 0 Å². The third-order valence-corrected chi connectivity index (χ3v) is 3.63. The summed E-state index contributed by atoms with van der Waals surface area (Å²) in [6, 6.07) is 9.73. The van der Waals surface area contributed by atoms with Crippen LogP contribution in [-0.2, 0) is 14.3 Å². The predicted octanol–water partition coefficient (Wildman–Crippen LogP) is 2.77. The van der Waals surface area contributed by atoms with Gasteiger partial charge in [0.25, 0.3) is 0 Å². The van der Waals surface area contributed by atoms with Gasteiger partial charge >= 0.3 is 5.97 Å². The molecule has 1 aromatic rings. The molecule has 0 unspecified atom stereocenters. The van der Waals surface area contributed by atoms with Gasteiger partial charge in [-0.2, -0.15) is 0 Å². The maximum absolute atomic E-state index is 12.3. The summed E-state index contributed by atoms with van der Waals surface area (Å²) in [5, 5.41) is 0. The lowest BCUT2D eigenvalue weighted by molar-refractivity contribution is -0.163. The molecular weight excluding hydrogens is 266 g/mol. The molecule has 0 radical (unpaired) electrons. The highest BCUT2D eigenvalue weighted by atomic mass is 16.6. The Kier molecular flexibility index (Phi) is 4.28. The number of hydrogen-bond donors (Lipinski definition) is 0. The Balaban J connectivity index is 2.56. The first-order chi connectivity index (χ1) is 9.95. The van der Waals surface area contributed by atoms with Crippen molar-refractivity contribution in [1.29, 1.82) is 0 Å². The Labute approximate surface area is 125 Å². The quantitative estimate of drug-likeness (QED) is 0.618. The fourth-order valence-electron chi connectivity index (χ4n) is 2.52. The highest BCUT2D eigenvalue weighted by Crippen LogP contribution is 2.32. The van der Waals surface area contributed by atoms with Gasteiger partial charge in [0.1, 0.15) is 0 Å². The van der Waals surface area contributed by atoms with Gasteiger partial charge < -0.3 is 9.47 Å². The number of benzene rings is 1. The highest BCUT2D eigenvalue weighted by Gasteiger charge is 2.47. The third-order valence-electron chi connectivity index (χ3n) is 3.63. The Morgan fingerprint density at radius 1 is 1.33 bits per heavy atom. The van der Waals surface area contributed by atoms with Gasteiger partial charge in [0.05, 0.1) is 12.3 Å². The summed E-state index contributed by atoms with van der Waals surface area (Å²) in [6.07, 6.45) is 2.12. The van der Waals surface area contributed by atoms with Crippen LogP contribution in [0.1, 0.15) is 25.8 Å². The lowest BCUT2D eigenvalue weighted by Gasteiger charge is -2.39. The number of aliphatic imine (C=N–C) groups is 1. The van der Waals surface area contributed by atoms with E-state index in [1.165, 1.54) is 0 Å². The van der Waals surface area contributed by atoms with E-state index >= 15 is 0 Å². The van der Waals surface area contributed by atoms with Crippen LogP contribution in [0.5, 0.6) is 0 Å². The minimum absolute atomic E-state index is 0.261. The predicted molar refractivity (Wildman–Crippen MR) is 82.6 cm³/mol. The molecule has 0 amide bonds. The highest BCUT2D eigenvalue weighted by molar-refractivity contribution is 6.10. The number of esters is 1. The number of cyclic esters (lactones) is 1. The van der Waals surface area contributed by atoms with Gasteiger partial charge in [-0.15, -0.1) is 6.58 Å². The van der Waals surface area contributed by atoms with Gasteiger partial charge in [0.15, 0.2) is 11.1 Å². The van der Waals surface area contributed by atoms with Gasteiger partial charge in [0.2, 0.25) is 0 Å². The molecule has 4 nitrogen and oxygen atoms in total. The second-order valence-corrected chi connectivity index (χ2v) is 5.65. The topological polar surface area (TPSA) is 47.9 Å². The second kappa shape index (κ2) is 5.82. The van der Waals surface area contributed by atoms with Crippen LogP contribution in [0.3, 0.4) is 0 Å². The van der Waals surface area contributed by atoms with Crippen molar-refractivity contribution in [3.8, 4) is 0 Å². The van der Waals surface area contributed by atoms with E-state index in [1.54, 1.807) is 20.1 Å². The maximum Gasteiger partial charge on any atom is 0.335 e. The van der Waals surface area contributed by atoms with E-state index in [1.807, 2.05) is 37.3 Å². The minimum atomic E-state index is -0.930. The van der Waals surface area contributed by atoms with Crippen LogP contribution in [0.2, 0.25) is 0 Å². The van der Waals surface area contributed by atoms with Crippen molar-refractivity contribution in [1.82, 2.24) is 0 Å². The van der Waals surface area contributed by atoms with E-state index in [4.69, 9.17) is 14.5 Å². The summed E-state index contributed by atoms with van der Waals surface area (Å²) in [7, 11) is 1.58. The van der Waals surface area contributed by atoms with Crippen LogP contribution in [0.25, 0.3) is 0 Å². The SMILES string of the molecule is C=CC[C@]1(C)N=C(c2ccccc2)[C@](C)(COC)OC1=O. The molecule has 112 valence electrons. The minimum Gasteiger partial charge on any atom is -0.449 e. The molecule has 4 heteroatoms. The Bertz CT molecular complexity index is 567. The first-order valence-corrected chi connectivity index (χ1v) is 6.94. The standard InChI is InChI=1S/C17H21NO3/c1-5-11-16(2)15(19)21-17(3,12-20-4)14(18-16)13-9-7-6-8-10-13/h5-10H,1,11-12H2,2-4H3/t16-,17-/m0/s1. The first kappa shape index (κ1) is 15.4. The molecule has 1 aliphatic heterocycles. The molecule has 0 fully saturated rings. The smallest absolute Gasteiger partial charge is 0.335 e. The molecule has 0 saturated carbocycles. The van der Waals surface area contributed by atoms with Gasteiger partial charge in [-0.3, -0.25) is 4.99 Å². The van der Waals surface area contributed by atoms with Crippen molar-refractivity contribution >= 4 is 11.7 Å². The number of nitrogens with zero attached hydrogens (tertiary/aromatic N) is 1. The fourth-order valence-corrected chi connectivity index (χ4v) is 2.52. The number of methoxy groups -OCH3 is 1. The summed E-state index contributed by atoms with van der Waals surface area (Å²) < 4.78 is 10.9. The third kappa shape index (κ3) is 2.90. The zero-order chi connectivity index (χ0) is 15.5. The van der Waals surface area contributed by atoms with Gasteiger partial charge in [-0.1, -0.05) is 36.4 Å². The van der Waals surface area contributed by atoms with E-state index in [0.717, 1.165) is 11.3 Å². The number of rotatable bonds is 5. The van der Waals surface area contributed by atoms with Gasteiger partial charge in [-0.25, -0.2) is 4.79 Å². The van der Waals surface area contributed by atoms with Crippen molar-refractivity contribution in [3.63, 3.8) is 0 Å². The normalized spacial score (nSPS) is 28.7. The van der Waals surface area contributed by atoms with Gasteiger partial charge in [-0.05, 0) is 19.4 Å². The maximum atomic E-state index is 12.3. The van der Waals surface area contributed by atoms with E-state index in [0.29, 0.717) is 6.42 Å². The van der Waals surface area contributed by atoms with E-state index < -0.39 is 11.1 Å². The van der Waals surface area contributed by atoms with Crippen molar-refractivity contribution in [3.05, 3.63) is 48.6 Å². The largest absolute Gasteiger partial charge is 0.449 e. The molecule has 0 bridgehead atoms. The summed E-state index contributed by atoms with van der Waals surface area (Å²) >= 11 is 0. The molecule has 2 atom stereocenters. The van der Waals surface area contributed by atoms with E-state index in [9.17, 15) is 4.79 Å². The zero-order valence-electron chi connectivity index (χ0n) is 12.8. The van der Waals surface area contributed by atoms with Crippen LogP contribution in [0.15, 0.2) is 48.0 Å². The monoisotopic (exact) mass is 287 g/mol. The summed E-state index contributed by atoms with van der Waals surface area (Å²) in [4.78, 5) is 17.1. The van der Waals surface area contributed by atoms with E-state index in [2.05, 4.69) is 6.58 Å². The molecule has 0 aliphatic carbocycles. The lowest BCUT2D eigenvalue weighted by Crippen LogP contribution is -2.55. The van der Waals surface area contributed by atoms with Crippen molar-refractivity contribution in [2.45, 2.75) is 31.4 Å². The van der Waals surface area contributed by atoms with Crippen LogP contribution in [-0.4, -0.2) is 36.5 Å². The van der Waals surface area contributed by atoms with E-state index in [-0.39, 0.29) is 12.6 Å². The molecule has 1 aliphatic rings. The first-order valence-electron chi connectivity index (χ1n) is 6.94. The second-order valence-electron chi connectivity index (χ2n) is 5.65. The summed E-state index contributed by atoms with van der Waals surface area (Å²) in [5.74, 6) is -0.346. The molecule has 0 spiro atoms. The fraction of sp³-hybridized carbons (Fsp3) is 0.412. The molecule has 0 N–H and O–H groups in total. The van der Waals surface area contributed by atoms with Crippen LogP contribution < -0.4 is 0 Å². The van der Waals surface area contributed by atoms with Crippen LogP contribution in [0, 0.1) is 0 Å². The van der Waals surface area contributed by atoms with Crippen molar-refractivity contribution in [2.75, 3.05) is 13.7 Å². The molecule has 2 rings (SSSR count). The average Bonchev–Trinajstić information content (AvgIpc) is 2.45. The molecule has 0 saturated heterocycles. The molecule has 0 aromatic heterocycles. The Morgan fingerprint density at radius 2 is 2.00 bits per heavy atom.